The first kappa shape index (κ1) is 23.4. The summed E-state index contributed by atoms with van der Waals surface area (Å²) >= 11 is 7.18. The van der Waals surface area contributed by atoms with Crippen LogP contribution in [0.1, 0.15) is 44.1 Å². The number of aromatic nitrogens is 1. The maximum absolute atomic E-state index is 13.2. The van der Waals surface area contributed by atoms with Gasteiger partial charge in [-0.25, -0.2) is 4.39 Å². The van der Waals surface area contributed by atoms with E-state index in [9.17, 15) is 14.0 Å². The summed E-state index contributed by atoms with van der Waals surface area (Å²) in [5.74, 6) is -1.10. The van der Waals surface area contributed by atoms with Crippen molar-refractivity contribution in [1.29, 1.82) is 0 Å². The van der Waals surface area contributed by atoms with Crippen LogP contribution in [0.4, 0.5) is 9.39 Å². The molecular formula is C24H24ClFN4O2S. The summed E-state index contributed by atoms with van der Waals surface area (Å²) in [6, 6.07) is 11.4. The van der Waals surface area contributed by atoms with Crippen LogP contribution in [0.2, 0.25) is 5.02 Å². The molecule has 172 valence electrons. The van der Waals surface area contributed by atoms with E-state index in [0.29, 0.717) is 9.88 Å². The first-order valence-corrected chi connectivity index (χ1v) is 11.9. The van der Waals surface area contributed by atoms with Crippen molar-refractivity contribution in [2.24, 2.45) is 0 Å². The van der Waals surface area contributed by atoms with Gasteiger partial charge in [0, 0.05) is 31.9 Å². The van der Waals surface area contributed by atoms with Crippen LogP contribution in [-0.4, -0.2) is 40.8 Å². The van der Waals surface area contributed by atoms with Crippen molar-refractivity contribution in [3.05, 3.63) is 81.2 Å². The normalized spacial score (nSPS) is 14.8. The zero-order chi connectivity index (χ0) is 23.4. The molecule has 1 aliphatic heterocycles. The third-order valence-corrected chi connectivity index (χ3v) is 7.04. The second-order valence-corrected chi connectivity index (χ2v) is 9.51. The lowest BCUT2D eigenvalue weighted by molar-refractivity contribution is 0.0911. The fraction of sp³-hybridized carbons (Fsp3) is 0.292. The fourth-order valence-corrected chi connectivity index (χ4v) is 5.05. The molecule has 0 bridgehead atoms. The molecule has 0 atom stereocenters. The number of nitrogens with zero attached hydrogens (tertiary/aromatic N) is 2. The Morgan fingerprint density at radius 1 is 1.18 bits per heavy atom. The highest BCUT2D eigenvalue weighted by Gasteiger charge is 2.23. The Morgan fingerprint density at radius 2 is 1.97 bits per heavy atom. The molecule has 0 spiro atoms. The Hall–Kier alpha value is -2.81. The van der Waals surface area contributed by atoms with Gasteiger partial charge in [-0.2, -0.15) is 0 Å². The first-order chi connectivity index (χ1) is 15.9. The number of nitrogens with one attached hydrogen (secondary N) is 2. The smallest absolute Gasteiger partial charge is 0.261 e. The van der Waals surface area contributed by atoms with E-state index in [0.717, 1.165) is 49.8 Å². The second-order valence-electron chi connectivity index (χ2n) is 8.05. The van der Waals surface area contributed by atoms with Crippen molar-refractivity contribution >= 4 is 39.8 Å². The number of carbonyl (C=O) groups is 2. The quantitative estimate of drug-likeness (QED) is 0.520. The van der Waals surface area contributed by atoms with Gasteiger partial charge in [-0.05, 0) is 61.7 Å². The average Bonchev–Trinajstić information content (AvgIpc) is 3.15. The van der Waals surface area contributed by atoms with Crippen LogP contribution in [0.3, 0.4) is 0 Å². The maximum Gasteiger partial charge on any atom is 0.261 e. The highest BCUT2D eigenvalue weighted by Crippen LogP contribution is 2.28. The fourth-order valence-electron chi connectivity index (χ4n) is 3.83. The molecule has 3 heterocycles. The van der Waals surface area contributed by atoms with E-state index >= 15 is 0 Å². The van der Waals surface area contributed by atoms with Crippen molar-refractivity contribution in [2.45, 2.75) is 32.4 Å². The number of hydrogen-bond donors (Lipinski definition) is 2. The lowest BCUT2D eigenvalue weighted by Gasteiger charge is -2.32. The molecule has 9 heteroatoms. The largest absolute Gasteiger partial charge is 0.349 e. The molecule has 2 amide bonds. The lowest BCUT2D eigenvalue weighted by atomic mass is 10.0. The number of halogens is 2. The SMILES string of the molecule is Cc1cc(NC(=O)c2ccc(F)cc2Cl)sc1C(=O)NC1CCN(Cc2ccccn2)CC1. The number of amides is 2. The van der Waals surface area contributed by atoms with Gasteiger partial charge in [0.1, 0.15) is 5.82 Å². The number of thiophene rings is 1. The topological polar surface area (TPSA) is 74.3 Å². The van der Waals surface area contributed by atoms with Gasteiger partial charge in [0.15, 0.2) is 0 Å². The molecule has 4 rings (SSSR count). The van der Waals surface area contributed by atoms with Crippen LogP contribution in [0, 0.1) is 12.7 Å². The van der Waals surface area contributed by atoms with E-state index in [1.807, 2.05) is 25.1 Å². The van der Waals surface area contributed by atoms with Crippen molar-refractivity contribution < 1.29 is 14.0 Å². The number of carbonyl (C=O) groups excluding carboxylic acids is 2. The van der Waals surface area contributed by atoms with E-state index in [1.54, 1.807) is 12.3 Å². The summed E-state index contributed by atoms with van der Waals surface area (Å²) in [4.78, 5) is 32.6. The van der Waals surface area contributed by atoms with Crippen molar-refractivity contribution in [3.63, 3.8) is 0 Å². The van der Waals surface area contributed by atoms with Gasteiger partial charge in [-0.3, -0.25) is 19.5 Å². The molecule has 1 aliphatic rings. The lowest BCUT2D eigenvalue weighted by Crippen LogP contribution is -2.44. The van der Waals surface area contributed by atoms with Gasteiger partial charge < -0.3 is 10.6 Å². The van der Waals surface area contributed by atoms with E-state index in [-0.39, 0.29) is 22.5 Å². The highest BCUT2D eigenvalue weighted by molar-refractivity contribution is 7.18. The molecule has 1 saturated heterocycles. The van der Waals surface area contributed by atoms with Crippen LogP contribution in [0.5, 0.6) is 0 Å². The van der Waals surface area contributed by atoms with Gasteiger partial charge in [0.25, 0.3) is 11.8 Å². The zero-order valence-electron chi connectivity index (χ0n) is 18.1. The zero-order valence-corrected chi connectivity index (χ0v) is 19.7. The first-order valence-electron chi connectivity index (χ1n) is 10.7. The summed E-state index contributed by atoms with van der Waals surface area (Å²) in [6.07, 6.45) is 3.54. The van der Waals surface area contributed by atoms with Crippen LogP contribution < -0.4 is 10.6 Å². The van der Waals surface area contributed by atoms with Crippen LogP contribution in [0.25, 0.3) is 0 Å². The number of rotatable bonds is 6. The van der Waals surface area contributed by atoms with E-state index in [1.165, 1.54) is 23.5 Å². The Bertz CT molecular complexity index is 1150. The highest BCUT2D eigenvalue weighted by atomic mass is 35.5. The Labute approximate surface area is 200 Å². The van der Waals surface area contributed by atoms with Gasteiger partial charge in [-0.1, -0.05) is 17.7 Å². The van der Waals surface area contributed by atoms with Crippen molar-refractivity contribution in [3.8, 4) is 0 Å². The average molecular weight is 487 g/mol. The minimum atomic E-state index is -0.509. The molecule has 0 saturated carbocycles. The van der Waals surface area contributed by atoms with Crippen LogP contribution >= 0.6 is 22.9 Å². The van der Waals surface area contributed by atoms with Gasteiger partial charge in [-0.15, -0.1) is 11.3 Å². The molecule has 0 radical (unpaired) electrons. The standard InChI is InChI=1S/C24H24ClFN4O2S/c1-15-12-21(29-23(31)19-6-5-16(26)13-20(19)25)33-22(15)24(32)28-17-7-10-30(11-8-17)14-18-4-2-3-9-27-18/h2-6,9,12-13,17H,7-8,10-11,14H2,1H3,(H,28,32)(H,29,31). The van der Waals surface area contributed by atoms with Crippen LogP contribution in [-0.2, 0) is 6.54 Å². The number of piperidine rings is 1. The number of pyridine rings is 1. The molecule has 0 unspecified atom stereocenters. The molecule has 6 nitrogen and oxygen atoms in total. The predicted molar refractivity (Wildman–Crippen MR) is 128 cm³/mol. The van der Waals surface area contributed by atoms with Crippen molar-refractivity contribution in [2.75, 3.05) is 18.4 Å². The van der Waals surface area contributed by atoms with E-state index in [4.69, 9.17) is 11.6 Å². The van der Waals surface area contributed by atoms with Gasteiger partial charge in [0.2, 0.25) is 0 Å². The number of aryl methyl sites for hydroxylation is 1. The van der Waals surface area contributed by atoms with E-state index in [2.05, 4.69) is 20.5 Å². The molecule has 1 fully saturated rings. The second kappa shape index (κ2) is 10.4. The summed E-state index contributed by atoms with van der Waals surface area (Å²) in [6.45, 7) is 4.43. The third kappa shape index (κ3) is 5.96. The van der Waals surface area contributed by atoms with E-state index < -0.39 is 11.7 Å². The number of likely N-dealkylation sites (tertiary alicyclic amines) is 1. The van der Waals surface area contributed by atoms with Crippen molar-refractivity contribution in [1.82, 2.24) is 15.2 Å². The number of benzene rings is 1. The molecule has 33 heavy (non-hydrogen) atoms. The Balaban J connectivity index is 1.31. The minimum absolute atomic E-state index is 0.0353. The molecular weight excluding hydrogens is 463 g/mol. The number of anilines is 1. The molecule has 1 aromatic carbocycles. The maximum atomic E-state index is 13.2. The van der Waals surface area contributed by atoms with Gasteiger partial charge in [0.05, 0.1) is 26.2 Å². The number of hydrogen-bond acceptors (Lipinski definition) is 5. The molecule has 2 aromatic heterocycles. The monoisotopic (exact) mass is 486 g/mol. The summed E-state index contributed by atoms with van der Waals surface area (Å²) in [5, 5.41) is 6.45. The Morgan fingerprint density at radius 3 is 2.67 bits per heavy atom. The molecule has 2 N–H and O–H groups in total. The third-order valence-electron chi connectivity index (χ3n) is 5.57. The molecule has 3 aromatic rings. The summed E-state index contributed by atoms with van der Waals surface area (Å²) in [5.41, 5.74) is 2.00. The van der Waals surface area contributed by atoms with Gasteiger partial charge >= 0.3 is 0 Å². The van der Waals surface area contributed by atoms with Crippen LogP contribution in [0.15, 0.2) is 48.7 Å². The molecule has 0 aliphatic carbocycles. The summed E-state index contributed by atoms with van der Waals surface area (Å²) < 4.78 is 13.2. The Kier molecular flexibility index (Phi) is 7.37. The minimum Gasteiger partial charge on any atom is -0.349 e. The predicted octanol–water partition coefficient (Wildman–Crippen LogP) is 4.89. The summed E-state index contributed by atoms with van der Waals surface area (Å²) in [7, 11) is 0.